The highest BCUT2D eigenvalue weighted by molar-refractivity contribution is 6.30. The van der Waals surface area contributed by atoms with Gasteiger partial charge in [-0.3, -0.25) is 4.79 Å². The number of aromatic hydroxyl groups is 1. The zero-order valence-electron chi connectivity index (χ0n) is 12.6. The number of rotatable bonds is 2. The third kappa shape index (κ3) is 3.42. The van der Waals surface area contributed by atoms with Crippen LogP contribution in [-0.2, 0) is 12.6 Å². The Morgan fingerprint density at radius 3 is 2.60 bits per heavy atom. The zero-order valence-corrected chi connectivity index (χ0v) is 13.4. The number of hydrogen-bond acceptors (Lipinski definition) is 2. The molecule has 0 fully saturated rings. The van der Waals surface area contributed by atoms with Crippen molar-refractivity contribution in [2.75, 3.05) is 0 Å². The molecule has 3 nitrogen and oxygen atoms in total. The van der Waals surface area contributed by atoms with E-state index in [-0.39, 0.29) is 10.6 Å². The Kier molecular flexibility index (Phi) is 4.36. The Balaban J connectivity index is 1.83. The molecule has 25 heavy (non-hydrogen) atoms. The van der Waals surface area contributed by atoms with Crippen LogP contribution in [0.2, 0.25) is 5.02 Å². The molecule has 0 aromatic heterocycles. The van der Waals surface area contributed by atoms with Crippen LogP contribution >= 0.6 is 11.6 Å². The van der Waals surface area contributed by atoms with Crippen molar-refractivity contribution < 1.29 is 27.5 Å². The van der Waals surface area contributed by atoms with E-state index in [1.54, 1.807) is 6.07 Å². The van der Waals surface area contributed by atoms with Gasteiger partial charge in [-0.1, -0.05) is 11.6 Å². The largest absolute Gasteiger partial charge is 0.507 e. The second-order valence-corrected chi connectivity index (χ2v) is 6.19. The van der Waals surface area contributed by atoms with Crippen LogP contribution in [0.25, 0.3) is 0 Å². The van der Waals surface area contributed by atoms with E-state index in [1.807, 2.05) is 0 Å². The molecular weight excluding hydrogens is 362 g/mol. The maximum atomic E-state index is 13.9. The second kappa shape index (κ2) is 6.22. The summed E-state index contributed by atoms with van der Waals surface area (Å²) >= 11 is 5.83. The Labute approximate surface area is 145 Å². The fourth-order valence-corrected chi connectivity index (χ4v) is 3.14. The molecule has 1 aliphatic rings. The lowest BCUT2D eigenvalue weighted by Crippen LogP contribution is -2.27. The first-order chi connectivity index (χ1) is 11.7. The maximum absolute atomic E-state index is 13.9. The van der Waals surface area contributed by atoms with Crippen molar-refractivity contribution in [1.82, 2.24) is 5.32 Å². The third-order valence-corrected chi connectivity index (χ3v) is 4.35. The van der Waals surface area contributed by atoms with E-state index in [2.05, 4.69) is 5.32 Å². The molecular formula is C17H12ClF4NO2. The summed E-state index contributed by atoms with van der Waals surface area (Å²) in [7, 11) is 0. The number of phenols is 1. The van der Waals surface area contributed by atoms with E-state index in [0.717, 1.165) is 6.07 Å². The molecule has 8 heteroatoms. The molecule has 0 heterocycles. The number of alkyl halides is 3. The summed E-state index contributed by atoms with van der Waals surface area (Å²) in [5.74, 6) is -1.98. The van der Waals surface area contributed by atoms with Crippen LogP contribution in [0.5, 0.6) is 5.75 Å². The molecule has 0 saturated heterocycles. The van der Waals surface area contributed by atoms with Gasteiger partial charge in [-0.05, 0) is 54.3 Å². The quantitative estimate of drug-likeness (QED) is 0.755. The first kappa shape index (κ1) is 17.5. The summed E-state index contributed by atoms with van der Waals surface area (Å²) in [6.07, 6.45) is -3.78. The molecule has 0 unspecified atom stereocenters. The Hall–Kier alpha value is -2.28. The molecule has 0 saturated carbocycles. The van der Waals surface area contributed by atoms with Gasteiger partial charge in [0, 0.05) is 5.02 Å². The molecule has 1 atom stereocenters. The van der Waals surface area contributed by atoms with E-state index >= 15 is 0 Å². The number of carbonyl (C=O) groups is 1. The Morgan fingerprint density at radius 1 is 1.24 bits per heavy atom. The summed E-state index contributed by atoms with van der Waals surface area (Å²) in [5.41, 5.74) is -0.360. The number of benzene rings is 2. The van der Waals surface area contributed by atoms with E-state index in [0.29, 0.717) is 36.1 Å². The molecule has 3 rings (SSSR count). The van der Waals surface area contributed by atoms with Crippen LogP contribution in [0, 0.1) is 5.82 Å². The summed E-state index contributed by atoms with van der Waals surface area (Å²) in [4.78, 5) is 12.3. The van der Waals surface area contributed by atoms with Gasteiger partial charge in [0.05, 0.1) is 17.2 Å². The summed E-state index contributed by atoms with van der Waals surface area (Å²) in [5, 5.41) is 12.5. The minimum Gasteiger partial charge on any atom is -0.507 e. The van der Waals surface area contributed by atoms with Crippen molar-refractivity contribution in [2.24, 2.45) is 0 Å². The first-order valence-corrected chi connectivity index (χ1v) is 7.73. The number of nitrogens with one attached hydrogen (secondary N) is 1. The van der Waals surface area contributed by atoms with Crippen molar-refractivity contribution in [3.8, 4) is 5.75 Å². The lowest BCUT2D eigenvalue weighted by Gasteiger charge is -2.16. The van der Waals surface area contributed by atoms with Gasteiger partial charge in [-0.2, -0.15) is 13.2 Å². The van der Waals surface area contributed by atoms with Gasteiger partial charge in [0.2, 0.25) is 0 Å². The lowest BCUT2D eigenvalue weighted by molar-refractivity contribution is -0.137. The van der Waals surface area contributed by atoms with Crippen LogP contribution < -0.4 is 5.32 Å². The van der Waals surface area contributed by atoms with Crippen molar-refractivity contribution in [3.05, 3.63) is 63.4 Å². The fraction of sp³-hybridized carbons (Fsp3) is 0.235. The van der Waals surface area contributed by atoms with Crippen molar-refractivity contribution in [2.45, 2.75) is 25.1 Å². The Morgan fingerprint density at radius 2 is 1.96 bits per heavy atom. The zero-order chi connectivity index (χ0) is 18.4. The predicted molar refractivity (Wildman–Crippen MR) is 83.0 cm³/mol. The molecule has 2 aromatic rings. The SMILES string of the molecule is O=C(N[C@@H]1CCc2c(F)cc(Cl)cc21)c1ccc(C(F)(F)F)cc1O. The van der Waals surface area contributed by atoms with Crippen molar-refractivity contribution in [3.63, 3.8) is 0 Å². The molecule has 1 aliphatic carbocycles. The molecule has 132 valence electrons. The molecule has 0 spiro atoms. The smallest absolute Gasteiger partial charge is 0.416 e. The van der Waals surface area contributed by atoms with Gasteiger partial charge >= 0.3 is 6.18 Å². The van der Waals surface area contributed by atoms with Gasteiger partial charge < -0.3 is 10.4 Å². The molecule has 0 radical (unpaired) electrons. The van der Waals surface area contributed by atoms with Crippen LogP contribution in [0.1, 0.15) is 39.5 Å². The molecule has 1 amide bonds. The third-order valence-electron chi connectivity index (χ3n) is 4.13. The molecule has 2 N–H and O–H groups in total. The number of hydrogen-bond donors (Lipinski definition) is 2. The molecule has 2 aromatic carbocycles. The van der Waals surface area contributed by atoms with Gasteiger partial charge in [-0.25, -0.2) is 4.39 Å². The van der Waals surface area contributed by atoms with Crippen LogP contribution in [0.4, 0.5) is 17.6 Å². The van der Waals surface area contributed by atoms with E-state index in [4.69, 9.17) is 11.6 Å². The highest BCUT2D eigenvalue weighted by Crippen LogP contribution is 2.36. The lowest BCUT2D eigenvalue weighted by atomic mass is 10.1. The highest BCUT2D eigenvalue weighted by atomic mass is 35.5. The average Bonchev–Trinajstić information content (AvgIpc) is 2.89. The standard InChI is InChI=1S/C17H12ClF4NO2/c18-9-6-12-10(13(19)7-9)3-4-14(12)23-16(25)11-2-1-8(5-15(11)24)17(20,21)22/h1-2,5-7,14,24H,3-4H2,(H,23,25)/t14-/m1/s1. The number of phenolic OH excluding ortho intramolecular Hbond substituents is 1. The number of amides is 1. The normalized spacial score (nSPS) is 16.6. The van der Waals surface area contributed by atoms with Gasteiger partial charge in [0.1, 0.15) is 11.6 Å². The average molecular weight is 374 g/mol. The van der Waals surface area contributed by atoms with Crippen LogP contribution in [0.15, 0.2) is 30.3 Å². The Bertz CT molecular complexity index is 851. The van der Waals surface area contributed by atoms with Crippen molar-refractivity contribution in [1.29, 1.82) is 0 Å². The minimum absolute atomic E-state index is 0.190. The van der Waals surface area contributed by atoms with Gasteiger partial charge in [-0.15, -0.1) is 0 Å². The molecule has 0 bridgehead atoms. The van der Waals surface area contributed by atoms with Crippen LogP contribution in [0.3, 0.4) is 0 Å². The number of fused-ring (bicyclic) bond motifs is 1. The van der Waals surface area contributed by atoms with Crippen molar-refractivity contribution >= 4 is 17.5 Å². The van der Waals surface area contributed by atoms with E-state index in [9.17, 15) is 27.5 Å². The second-order valence-electron chi connectivity index (χ2n) is 5.75. The van der Waals surface area contributed by atoms with Crippen LogP contribution in [-0.4, -0.2) is 11.0 Å². The summed E-state index contributed by atoms with van der Waals surface area (Å²) in [6, 6.07) is 4.32. The topological polar surface area (TPSA) is 49.3 Å². The number of halogens is 5. The minimum atomic E-state index is -4.62. The fourth-order valence-electron chi connectivity index (χ4n) is 2.93. The molecule has 0 aliphatic heterocycles. The predicted octanol–water partition coefficient (Wildman–Crippen LogP) is 4.62. The van der Waals surface area contributed by atoms with E-state index < -0.39 is 35.3 Å². The van der Waals surface area contributed by atoms with Gasteiger partial charge in [0.15, 0.2) is 0 Å². The number of carbonyl (C=O) groups excluding carboxylic acids is 1. The van der Waals surface area contributed by atoms with E-state index in [1.165, 1.54) is 6.07 Å². The first-order valence-electron chi connectivity index (χ1n) is 7.35. The monoisotopic (exact) mass is 373 g/mol. The summed E-state index contributed by atoms with van der Waals surface area (Å²) in [6.45, 7) is 0. The summed E-state index contributed by atoms with van der Waals surface area (Å²) < 4.78 is 51.7. The van der Waals surface area contributed by atoms with Gasteiger partial charge in [0.25, 0.3) is 5.91 Å². The maximum Gasteiger partial charge on any atom is 0.416 e. The highest BCUT2D eigenvalue weighted by Gasteiger charge is 2.32.